The zero-order valence-corrected chi connectivity index (χ0v) is 27.4. The van der Waals surface area contributed by atoms with E-state index >= 15 is 0 Å². The number of carbonyl (C=O) groups is 2. The Morgan fingerprint density at radius 1 is 0.978 bits per heavy atom. The minimum atomic E-state index is -0.308. The summed E-state index contributed by atoms with van der Waals surface area (Å²) in [6, 6.07) is 31.4. The Hall–Kier alpha value is -4.66. The molecule has 1 aliphatic rings. The molecular weight excluding hydrogens is 578 g/mol. The lowest BCUT2D eigenvalue weighted by atomic mass is 10.0. The molecule has 0 radical (unpaired) electrons. The van der Waals surface area contributed by atoms with Crippen LogP contribution in [0.3, 0.4) is 0 Å². The molecule has 5 rings (SSSR count). The van der Waals surface area contributed by atoms with Crippen LogP contribution in [0.4, 0.5) is 5.69 Å². The lowest BCUT2D eigenvalue weighted by Gasteiger charge is -2.33. The van der Waals surface area contributed by atoms with E-state index in [9.17, 15) is 14.7 Å². The lowest BCUT2D eigenvalue weighted by molar-refractivity contribution is -0.115. The van der Waals surface area contributed by atoms with E-state index in [1.165, 1.54) is 16.7 Å². The number of nitrogens with one attached hydrogen (secondary N) is 1. The number of hydrogen-bond donors (Lipinski definition) is 2. The molecule has 0 aromatic heterocycles. The highest BCUT2D eigenvalue weighted by Gasteiger charge is 2.29. The number of anilines is 1. The average molecular weight is 624 g/mol. The van der Waals surface area contributed by atoms with Crippen LogP contribution in [0.2, 0.25) is 0 Å². The van der Waals surface area contributed by atoms with Crippen molar-refractivity contribution < 1.29 is 24.2 Å². The largest absolute Gasteiger partial charge is 0.497 e. The molecule has 1 aliphatic heterocycles. The van der Waals surface area contributed by atoms with Gasteiger partial charge in [0.25, 0.3) is 5.91 Å². The highest BCUT2D eigenvalue weighted by molar-refractivity contribution is 6.02. The molecular formula is C38H45N3O5. The van der Waals surface area contributed by atoms with E-state index in [0.717, 1.165) is 12.1 Å². The van der Waals surface area contributed by atoms with Crippen LogP contribution < -0.4 is 14.8 Å². The number of rotatable bonds is 9. The third-order valence-corrected chi connectivity index (χ3v) is 7.66. The predicted molar refractivity (Wildman–Crippen MR) is 183 cm³/mol. The summed E-state index contributed by atoms with van der Waals surface area (Å²) in [5.74, 6) is 0.691. The summed E-state index contributed by atoms with van der Waals surface area (Å²) in [6.45, 7) is 5.57. The Balaban J connectivity index is 0.000000252. The van der Waals surface area contributed by atoms with Gasteiger partial charge in [-0.05, 0) is 67.5 Å². The normalized spacial score (nSPS) is 15.0. The maximum Gasteiger partial charge on any atom is 0.258 e. The van der Waals surface area contributed by atoms with Crippen LogP contribution in [-0.4, -0.2) is 73.7 Å². The van der Waals surface area contributed by atoms with E-state index in [4.69, 9.17) is 9.47 Å². The second-order valence-electron chi connectivity index (χ2n) is 12.0. The van der Waals surface area contributed by atoms with Crippen LogP contribution in [-0.2, 0) is 17.8 Å². The number of ether oxygens (including phenoxy) is 2. The van der Waals surface area contributed by atoms with Crippen molar-refractivity contribution in [1.29, 1.82) is 0 Å². The Labute approximate surface area is 272 Å². The third-order valence-electron chi connectivity index (χ3n) is 7.66. The van der Waals surface area contributed by atoms with E-state index < -0.39 is 0 Å². The number of benzene rings is 4. The Morgan fingerprint density at radius 3 is 2.35 bits per heavy atom. The van der Waals surface area contributed by atoms with E-state index in [0.29, 0.717) is 35.9 Å². The number of nitrogens with zero attached hydrogens (tertiary/aromatic N) is 2. The van der Waals surface area contributed by atoms with E-state index in [1.807, 2.05) is 44.2 Å². The molecule has 0 saturated carbocycles. The first-order chi connectivity index (χ1) is 22.2. The quantitative estimate of drug-likeness (QED) is 0.233. The standard InChI is InChI=1S/C23H28N2O5.C15H17N/c1-15-12-25(16(2)13-26)23(28)19-8-5-9-20(22(19)30-14-15)24-21(27)11-17-6-4-7-18(10-17)29-3;1-16(2)12-13-8-10-15(11-9-13)14-6-4-3-5-7-14/h4-10,15-16,26H,11-14H2,1-3H3,(H,24,27);3-11H,12H2,1-2H3/t15-,16+;/m1./s1. The first-order valence-electron chi connectivity index (χ1n) is 15.6. The van der Waals surface area contributed by atoms with Gasteiger partial charge in [-0.25, -0.2) is 0 Å². The third kappa shape index (κ3) is 9.42. The summed E-state index contributed by atoms with van der Waals surface area (Å²) in [5, 5.41) is 12.4. The van der Waals surface area contributed by atoms with Gasteiger partial charge in [0.2, 0.25) is 5.91 Å². The number of fused-ring (bicyclic) bond motifs is 1. The average Bonchev–Trinajstić information content (AvgIpc) is 3.06. The second kappa shape index (κ2) is 16.6. The molecule has 4 aromatic carbocycles. The van der Waals surface area contributed by atoms with Crippen LogP contribution >= 0.6 is 0 Å². The van der Waals surface area contributed by atoms with Gasteiger partial charge in [-0.2, -0.15) is 0 Å². The summed E-state index contributed by atoms with van der Waals surface area (Å²) in [7, 11) is 5.76. The number of para-hydroxylation sites is 1. The van der Waals surface area contributed by atoms with Crippen molar-refractivity contribution >= 4 is 17.5 Å². The minimum Gasteiger partial charge on any atom is -0.497 e. The molecule has 46 heavy (non-hydrogen) atoms. The number of hydrogen-bond acceptors (Lipinski definition) is 6. The molecule has 1 heterocycles. The number of carbonyl (C=O) groups excluding carboxylic acids is 2. The Morgan fingerprint density at radius 2 is 1.67 bits per heavy atom. The molecule has 2 amide bonds. The van der Waals surface area contributed by atoms with Crippen LogP contribution in [0.25, 0.3) is 11.1 Å². The summed E-state index contributed by atoms with van der Waals surface area (Å²) in [6.07, 6.45) is 0.166. The smallest absolute Gasteiger partial charge is 0.258 e. The van der Waals surface area contributed by atoms with Crippen molar-refractivity contribution in [2.75, 3.05) is 46.3 Å². The van der Waals surface area contributed by atoms with Gasteiger partial charge >= 0.3 is 0 Å². The molecule has 0 spiro atoms. The molecule has 0 unspecified atom stereocenters. The van der Waals surface area contributed by atoms with Gasteiger partial charge in [-0.1, -0.05) is 79.7 Å². The van der Waals surface area contributed by atoms with Gasteiger partial charge in [0.05, 0.1) is 44.0 Å². The predicted octanol–water partition coefficient (Wildman–Crippen LogP) is 6.14. The van der Waals surface area contributed by atoms with E-state index in [-0.39, 0.29) is 36.8 Å². The molecule has 8 nitrogen and oxygen atoms in total. The van der Waals surface area contributed by atoms with Crippen molar-refractivity contribution in [3.05, 3.63) is 114 Å². The molecule has 0 fully saturated rings. The molecule has 2 atom stereocenters. The van der Waals surface area contributed by atoms with Gasteiger partial charge in [0.1, 0.15) is 5.75 Å². The minimum absolute atomic E-state index is 0.0802. The zero-order chi connectivity index (χ0) is 33.1. The van der Waals surface area contributed by atoms with Crippen molar-refractivity contribution in [1.82, 2.24) is 9.80 Å². The van der Waals surface area contributed by atoms with Gasteiger partial charge in [0.15, 0.2) is 5.75 Å². The highest BCUT2D eigenvalue weighted by Crippen LogP contribution is 2.33. The van der Waals surface area contributed by atoms with Crippen LogP contribution in [0.1, 0.15) is 35.3 Å². The fraction of sp³-hybridized carbons (Fsp3) is 0.316. The van der Waals surface area contributed by atoms with E-state index in [2.05, 4.69) is 72.8 Å². The molecule has 8 heteroatoms. The fourth-order valence-electron chi connectivity index (χ4n) is 5.25. The molecule has 242 valence electrons. The lowest BCUT2D eigenvalue weighted by Crippen LogP contribution is -2.45. The van der Waals surface area contributed by atoms with Crippen LogP contribution in [0.15, 0.2) is 97.1 Å². The van der Waals surface area contributed by atoms with Crippen LogP contribution in [0, 0.1) is 5.92 Å². The van der Waals surface area contributed by atoms with Gasteiger partial charge < -0.3 is 29.7 Å². The van der Waals surface area contributed by atoms with Gasteiger partial charge in [-0.15, -0.1) is 0 Å². The Bertz CT molecular complexity index is 1570. The first-order valence-corrected chi connectivity index (χ1v) is 15.6. The summed E-state index contributed by atoms with van der Waals surface area (Å²) >= 11 is 0. The van der Waals surface area contributed by atoms with Crippen molar-refractivity contribution in [2.24, 2.45) is 5.92 Å². The number of aliphatic hydroxyl groups is 1. The molecule has 0 aliphatic carbocycles. The molecule has 2 N–H and O–H groups in total. The number of methoxy groups -OCH3 is 1. The van der Waals surface area contributed by atoms with Crippen molar-refractivity contribution in [3.8, 4) is 22.6 Å². The van der Waals surface area contributed by atoms with E-state index in [1.54, 1.807) is 30.2 Å². The molecule has 0 saturated heterocycles. The van der Waals surface area contributed by atoms with Gasteiger partial charge in [0, 0.05) is 19.0 Å². The monoisotopic (exact) mass is 623 g/mol. The van der Waals surface area contributed by atoms with Crippen molar-refractivity contribution in [3.63, 3.8) is 0 Å². The number of aliphatic hydroxyl groups excluding tert-OH is 1. The summed E-state index contributed by atoms with van der Waals surface area (Å²) < 4.78 is 11.2. The SMILES string of the molecule is CN(C)Cc1ccc(-c2ccccc2)cc1.COc1cccc(CC(=O)Nc2cccc3c2OC[C@H](C)CN([C@@H](C)CO)C3=O)c1. The van der Waals surface area contributed by atoms with Crippen LogP contribution in [0.5, 0.6) is 11.5 Å². The molecule has 0 bridgehead atoms. The highest BCUT2D eigenvalue weighted by atomic mass is 16.5. The zero-order valence-electron chi connectivity index (χ0n) is 27.4. The fourth-order valence-corrected chi connectivity index (χ4v) is 5.25. The second-order valence-corrected chi connectivity index (χ2v) is 12.0. The Kier molecular flexibility index (Phi) is 12.3. The maximum absolute atomic E-state index is 13.1. The topological polar surface area (TPSA) is 91.3 Å². The number of amides is 2. The first kappa shape index (κ1) is 34.2. The van der Waals surface area contributed by atoms with Gasteiger partial charge in [-0.3, -0.25) is 9.59 Å². The molecule has 4 aromatic rings. The van der Waals surface area contributed by atoms with Crippen molar-refractivity contribution in [2.45, 2.75) is 32.9 Å². The summed E-state index contributed by atoms with van der Waals surface area (Å²) in [4.78, 5) is 29.6. The summed E-state index contributed by atoms with van der Waals surface area (Å²) in [5.41, 5.74) is 5.56. The maximum atomic E-state index is 13.1.